The smallest absolute Gasteiger partial charge is 0.373 e. The van der Waals surface area contributed by atoms with Gasteiger partial charge in [0, 0.05) is 6.42 Å². The quantitative estimate of drug-likeness (QED) is 0.453. The number of alkyl halides is 3. The van der Waals surface area contributed by atoms with E-state index in [0.29, 0.717) is 6.26 Å². The largest absolute Gasteiger partial charge is 0.394 e. The molecule has 1 N–H and O–H groups in total. The summed E-state index contributed by atoms with van der Waals surface area (Å²) in [6.07, 6.45) is -5.30. The SMILES string of the molecule is [B]C(O)(CC1(C(F)(F)F)CC1)OS(C)(=O)=O. The number of hydrogen-bond acceptors (Lipinski definition) is 4. The van der Waals surface area contributed by atoms with Crippen LogP contribution < -0.4 is 0 Å². The molecule has 1 aliphatic rings. The van der Waals surface area contributed by atoms with Crippen LogP contribution in [0.4, 0.5) is 13.2 Å². The van der Waals surface area contributed by atoms with Crippen molar-refractivity contribution in [3.8, 4) is 0 Å². The lowest BCUT2D eigenvalue weighted by molar-refractivity contribution is -0.210. The summed E-state index contributed by atoms with van der Waals surface area (Å²) < 4.78 is 62.8. The molecule has 2 radical (unpaired) electrons. The van der Waals surface area contributed by atoms with Crippen LogP contribution in [-0.2, 0) is 14.3 Å². The van der Waals surface area contributed by atoms with Gasteiger partial charge in [0.15, 0.2) is 7.85 Å². The lowest BCUT2D eigenvalue weighted by Gasteiger charge is -2.29. The van der Waals surface area contributed by atoms with E-state index >= 15 is 0 Å². The summed E-state index contributed by atoms with van der Waals surface area (Å²) in [7, 11) is 0.866. The van der Waals surface area contributed by atoms with Gasteiger partial charge >= 0.3 is 6.18 Å². The van der Waals surface area contributed by atoms with E-state index in [0.717, 1.165) is 0 Å². The fourth-order valence-corrected chi connectivity index (χ4v) is 2.07. The van der Waals surface area contributed by atoms with Gasteiger partial charge in [-0.05, 0) is 12.8 Å². The van der Waals surface area contributed by atoms with E-state index in [9.17, 15) is 26.7 Å². The molecule has 9 heteroatoms. The van der Waals surface area contributed by atoms with E-state index in [4.69, 9.17) is 7.85 Å². The van der Waals surface area contributed by atoms with Crippen LogP contribution in [0.1, 0.15) is 19.3 Å². The monoisotopic (exact) mass is 258 g/mol. The van der Waals surface area contributed by atoms with Crippen LogP contribution in [0.5, 0.6) is 0 Å². The van der Waals surface area contributed by atoms with Gasteiger partial charge in [-0.2, -0.15) is 21.6 Å². The molecule has 0 bridgehead atoms. The third-order valence-corrected chi connectivity index (χ3v) is 2.93. The Kier molecular flexibility index (Phi) is 3.11. The fraction of sp³-hybridized carbons (Fsp3) is 1.00. The Morgan fingerprint density at radius 3 is 2.12 bits per heavy atom. The highest BCUT2D eigenvalue weighted by Crippen LogP contribution is 2.61. The second kappa shape index (κ2) is 3.61. The van der Waals surface area contributed by atoms with Crippen molar-refractivity contribution in [2.75, 3.05) is 6.26 Å². The maximum Gasteiger partial charge on any atom is 0.394 e. The maximum atomic E-state index is 12.5. The van der Waals surface area contributed by atoms with Crippen LogP contribution in [0.3, 0.4) is 0 Å². The minimum Gasteiger partial charge on any atom is -0.373 e. The number of rotatable bonds is 4. The number of hydrogen-bond donors (Lipinski definition) is 1. The number of aliphatic hydroxyl groups is 1. The molecular weight excluding hydrogens is 248 g/mol. The highest BCUT2D eigenvalue weighted by Gasteiger charge is 2.65. The first-order valence-electron chi connectivity index (χ1n) is 4.36. The van der Waals surface area contributed by atoms with Crippen LogP contribution in [0.15, 0.2) is 0 Å². The summed E-state index contributed by atoms with van der Waals surface area (Å²) >= 11 is 0. The summed E-state index contributed by atoms with van der Waals surface area (Å²) in [4.78, 5) is 0. The average Bonchev–Trinajstić information content (AvgIpc) is 2.58. The molecule has 1 aliphatic carbocycles. The lowest BCUT2D eigenvalue weighted by Crippen LogP contribution is -2.41. The third-order valence-electron chi connectivity index (χ3n) is 2.34. The molecule has 0 aromatic carbocycles. The van der Waals surface area contributed by atoms with Gasteiger partial charge in [0.1, 0.15) is 5.69 Å². The first kappa shape index (κ1) is 13.8. The molecular formula is C7H10BF3O4S. The Balaban J connectivity index is 2.74. The van der Waals surface area contributed by atoms with E-state index in [1.165, 1.54) is 0 Å². The highest BCUT2D eigenvalue weighted by molar-refractivity contribution is 7.86. The van der Waals surface area contributed by atoms with Gasteiger partial charge in [-0.25, -0.2) is 4.18 Å². The van der Waals surface area contributed by atoms with Crippen molar-refractivity contribution in [3.63, 3.8) is 0 Å². The van der Waals surface area contributed by atoms with Gasteiger partial charge in [0.25, 0.3) is 10.1 Å². The Hall–Kier alpha value is -0.275. The number of halogens is 3. The molecule has 4 nitrogen and oxygen atoms in total. The Labute approximate surface area is 92.3 Å². The molecule has 1 fully saturated rings. The standard InChI is InChI=1S/C7H10BF3O4S/c1-16(13,14)15-6(8,12)4-5(2-3-5)7(9,10)11/h12H,2-4H2,1H3. The van der Waals surface area contributed by atoms with Crippen molar-refractivity contribution in [3.05, 3.63) is 0 Å². The van der Waals surface area contributed by atoms with E-state index in [2.05, 4.69) is 4.18 Å². The Morgan fingerprint density at radius 1 is 1.44 bits per heavy atom. The zero-order valence-corrected chi connectivity index (χ0v) is 9.23. The molecule has 0 aromatic heterocycles. The summed E-state index contributed by atoms with van der Waals surface area (Å²) in [5.74, 6) is 0. The van der Waals surface area contributed by atoms with Crippen molar-refractivity contribution >= 4 is 18.0 Å². The van der Waals surface area contributed by atoms with Crippen molar-refractivity contribution in [2.24, 2.45) is 5.41 Å². The fourth-order valence-electron chi connectivity index (χ4n) is 1.49. The van der Waals surface area contributed by atoms with Gasteiger partial charge < -0.3 is 5.11 Å². The Morgan fingerprint density at radius 2 is 1.88 bits per heavy atom. The molecule has 1 atom stereocenters. The topological polar surface area (TPSA) is 63.6 Å². The van der Waals surface area contributed by atoms with Gasteiger partial charge in [-0.1, -0.05) is 0 Å². The Bertz CT molecular complexity index is 372. The second-order valence-electron chi connectivity index (χ2n) is 4.09. The van der Waals surface area contributed by atoms with Crippen LogP contribution in [0.25, 0.3) is 0 Å². The van der Waals surface area contributed by atoms with Gasteiger partial charge in [-0.3, -0.25) is 0 Å². The summed E-state index contributed by atoms with van der Waals surface area (Å²) in [6.45, 7) is 0. The van der Waals surface area contributed by atoms with Crippen molar-refractivity contribution in [2.45, 2.75) is 31.1 Å². The molecule has 0 aliphatic heterocycles. The predicted octanol–water partition coefficient (Wildman–Crippen LogP) is 0.510. The normalized spacial score (nSPS) is 23.8. The van der Waals surface area contributed by atoms with Gasteiger partial charge in [0.2, 0.25) is 0 Å². The van der Waals surface area contributed by atoms with Crippen molar-refractivity contribution < 1.29 is 30.9 Å². The van der Waals surface area contributed by atoms with E-state index in [1.807, 2.05) is 0 Å². The zero-order valence-electron chi connectivity index (χ0n) is 8.41. The molecule has 0 saturated heterocycles. The molecule has 0 spiro atoms. The minimum absolute atomic E-state index is 0.191. The summed E-state index contributed by atoms with van der Waals surface area (Å²) in [5, 5.41) is 9.27. The van der Waals surface area contributed by atoms with E-state index in [-0.39, 0.29) is 12.8 Å². The molecule has 1 rings (SSSR count). The first-order chi connectivity index (χ1) is 6.87. The molecule has 1 unspecified atom stereocenters. The van der Waals surface area contributed by atoms with Crippen LogP contribution in [0, 0.1) is 5.41 Å². The minimum atomic E-state index is -4.53. The third kappa shape index (κ3) is 3.36. The van der Waals surface area contributed by atoms with Crippen LogP contribution >= 0.6 is 0 Å². The highest BCUT2D eigenvalue weighted by atomic mass is 32.2. The van der Waals surface area contributed by atoms with Crippen LogP contribution in [-0.4, -0.2) is 39.5 Å². The molecule has 1 saturated carbocycles. The molecule has 0 amide bonds. The molecule has 92 valence electrons. The average molecular weight is 258 g/mol. The van der Waals surface area contributed by atoms with E-state index < -0.39 is 33.8 Å². The first-order valence-corrected chi connectivity index (χ1v) is 6.17. The molecule has 16 heavy (non-hydrogen) atoms. The van der Waals surface area contributed by atoms with Crippen LogP contribution in [0.2, 0.25) is 0 Å². The van der Waals surface area contributed by atoms with Crippen molar-refractivity contribution in [1.82, 2.24) is 0 Å². The lowest BCUT2D eigenvalue weighted by atomic mass is 9.83. The zero-order chi connectivity index (χ0) is 12.8. The summed E-state index contributed by atoms with van der Waals surface area (Å²) in [6, 6.07) is 0. The van der Waals surface area contributed by atoms with Crippen molar-refractivity contribution in [1.29, 1.82) is 0 Å². The second-order valence-corrected chi connectivity index (χ2v) is 5.66. The van der Waals surface area contributed by atoms with Gasteiger partial charge in [-0.15, -0.1) is 0 Å². The molecule has 0 aromatic rings. The predicted molar refractivity (Wildman–Crippen MR) is 49.0 cm³/mol. The van der Waals surface area contributed by atoms with Gasteiger partial charge in [0.05, 0.1) is 11.7 Å². The maximum absolute atomic E-state index is 12.5. The summed E-state index contributed by atoms with van der Waals surface area (Å²) in [5.41, 5.74) is -4.94. The van der Waals surface area contributed by atoms with E-state index in [1.54, 1.807) is 0 Å². The molecule has 0 heterocycles.